The maximum Gasteiger partial charge on any atom is 0.227 e. The predicted octanol–water partition coefficient (Wildman–Crippen LogP) is 1.71. The number of aromatic nitrogens is 1. The number of fused-ring (bicyclic) bond motifs is 1. The highest BCUT2D eigenvalue weighted by Crippen LogP contribution is 2.26. The van der Waals surface area contributed by atoms with Crippen LogP contribution in [-0.4, -0.2) is 16.9 Å². The third-order valence-electron chi connectivity index (χ3n) is 2.88. The Hall–Kier alpha value is -3.35. The summed E-state index contributed by atoms with van der Waals surface area (Å²) in [6.07, 6.45) is 0. The fraction of sp³-hybridized carbons (Fsp3) is 0. The molecule has 0 radical (unpaired) electrons. The number of hydrogen-bond acceptors (Lipinski definition) is 3. The average molecular weight is 294 g/mol. The Morgan fingerprint density at radius 3 is 2.50 bits per heavy atom. The summed E-state index contributed by atoms with van der Waals surface area (Å²) in [6.45, 7) is 0. The van der Waals surface area contributed by atoms with Gasteiger partial charge >= 0.3 is 0 Å². The Morgan fingerprint density at radius 1 is 1.00 bits per heavy atom. The van der Waals surface area contributed by atoms with Gasteiger partial charge < -0.3 is 21.6 Å². The quantitative estimate of drug-likeness (QED) is 0.489. The lowest BCUT2D eigenvalue weighted by Gasteiger charge is -1.95. The number of aliphatic imine (C=N–C) groups is 2. The molecule has 7 nitrogen and oxygen atoms in total. The molecule has 0 bridgehead atoms. The fourth-order valence-electron chi connectivity index (χ4n) is 1.98. The molecule has 0 aliphatic rings. The summed E-state index contributed by atoms with van der Waals surface area (Å²) in [5.41, 5.74) is 18.9. The molecule has 110 valence electrons. The van der Waals surface area contributed by atoms with E-state index in [4.69, 9.17) is 21.6 Å². The molecule has 0 atom stereocenters. The average Bonchev–Trinajstić information content (AvgIpc) is 2.90. The lowest BCUT2D eigenvalue weighted by atomic mass is 10.2. The lowest BCUT2D eigenvalue weighted by molar-refractivity contribution is 0.620. The molecule has 0 aliphatic heterocycles. The van der Waals surface area contributed by atoms with Gasteiger partial charge in [-0.15, -0.1) is 0 Å². The molecule has 0 fully saturated rings. The van der Waals surface area contributed by atoms with E-state index in [-0.39, 0.29) is 11.9 Å². The van der Waals surface area contributed by atoms with Crippen LogP contribution in [0.15, 0.2) is 62.9 Å². The molecule has 1 aromatic heterocycles. The standard InChI is InChI=1S/C15H14N6O/c16-14(17)21-15(18)19-10-6-7-12-11(8-10)20-13(22-12)9-4-2-1-3-5-9/h1-8H,(H6,16,17,18,19,21). The van der Waals surface area contributed by atoms with Gasteiger partial charge in [0.2, 0.25) is 11.9 Å². The second-order valence-electron chi connectivity index (χ2n) is 4.54. The molecule has 0 spiro atoms. The summed E-state index contributed by atoms with van der Waals surface area (Å²) in [6, 6.07) is 14.9. The van der Waals surface area contributed by atoms with Gasteiger partial charge in [-0.25, -0.2) is 9.98 Å². The lowest BCUT2D eigenvalue weighted by Crippen LogP contribution is -2.26. The van der Waals surface area contributed by atoms with Crippen LogP contribution < -0.4 is 17.2 Å². The van der Waals surface area contributed by atoms with Crippen molar-refractivity contribution in [2.45, 2.75) is 0 Å². The number of oxazole rings is 1. The molecule has 0 amide bonds. The van der Waals surface area contributed by atoms with Gasteiger partial charge in [-0.3, -0.25) is 0 Å². The summed E-state index contributed by atoms with van der Waals surface area (Å²) in [4.78, 5) is 12.2. The van der Waals surface area contributed by atoms with E-state index in [9.17, 15) is 0 Å². The van der Waals surface area contributed by atoms with Crippen LogP contribution >= 0.6 is 0 Å². The zero-order valence-electron chi connectivity index (χ0n) is 11.6. The highest BCUT2D eigenvalue weighted by Gasteiger charge is 2.08. The number of rotatable bonds is 2. The van der Waals surface area contributed by atoms with E-state index < -0.39 is 0 Å². The van der Waals surface area contributed by atoms with Crippen LogP contribution in [0.1, 0.15) is 0 Å². The van der Waals surface area contributed by atoms with Crippen LogP contribution in [0, 0.1) is 0 Å². The van der Waals surface area contributed by atoms with Crippen LogP contribution in [0.25, 0.3) is 22.6 Å². The first-order valence-corrected chi connectivity index (χ1v) is 6.51. The van der Waals surface area contributed by atoms with Crippen LogP contribution in [-0.2, 0) is 0 Å². The second kappa shape index (κ2) is 5.57. The van der Waals surface area contributed by atoms with Crippen molar-refractivity contribution in [2.24, 2.45) is 27.2 Å². The highest BCUT2D eigenvalue weighted by atomic mass is 16.3. The van der Waals surface area contributed by atoms with Gasteiger partial charge in [0.25, 0.3) is 0 Å². The minimum Gasteiger partial charge on any atom is -0.436 e. The van der Waals surface area contributed by atoms with Gasteiger partial charge in [-0.2, -0.15) is 4.99 Å². The molecular weight excluding hydrogens is 280 g/mol. The van der Waals surface area contributed by atoms with Crippen molar-refractivity contribution in [3.63, 3.8) is 0 Å². The molecule has 6 N–H and O–H groups in total. The van der Waals surface area contributed by atoms with Crippen molar-refractivity contribution in [2.75, 3.05) is 0 Å². The largest absolute Gasteiger partial charge is 0.436 e. The first-order chi connectivity index (χ1) is 10.6. The highest BCUT2D eigenvalue weighted by molar-refractivity contribution is 5.94. The maximum atomic E-state index is 5.72. The minimum absolute atomic E-state index is 0.0221. The van der Waals surface area contributed by atoms with Gasteiger partial charge in [0.15, 0.2) is 11.5 Å². The molecule has 2 aromatic carbocycles. The Labute approximate surface area is 126 Å². The topological polar surface area (TPSA) is 129 Å². The SMILES string of the molecule is NC(N)=NC(N)=Nc1ccc2oc(-c3ccccc3)nc2c1. The van der Waals surface area contributed by atoms with Gasteiger partial charge in [0.1, 0.15) is 5.52 Å². The summed E-state index contributed by atoms with van der Waals surface area (Å²) in [5.74, 6) is 0.384. The molecule has 1 heterocycles. The second-order valence-corrected chi connectivity index (χ2v) is 4.54. The number of hydrogen-bond donors (Lipinski definition) is 3. The van der Waals surface area contributed by atoms with E-state index >= 15 is 0 Å². The van der Waals surface area contributed by atoms with E-state index in [0.717, 1.165) is 5.56 Å². The van der Waals surface area contributed by atoms with Gasteiger partial charge in [0, 0.05) is 5.56 Å². The van der Waals surface area contributed by atoms with Crippen molar-refractivity contribution in [3.05, 3.63) is 48.5 Å². The summed E-state index contributed by atoms with van der Waals surface area (Å²) in [5, 5.41) is 0. The smallest absolute Gasteiger partial charge is 0.227 e. The van der Waals surface area contributed by atoms with Crippen molar-refractivity contribution >= 4 is 28.7 Å². The van der Waals surface area contributed by atoms with E-state index in [2.05, 4.69) is 15.0 Å². The molecular formula is C15H14N6O. The molecule has 22 heavy (non-hydrogen) atoms. The summed E-state index contributed by atoms with van der Waals surface area (Å²) >= 11 is 0. The van der Waals surface area contributed by atoms with Gasteiger partial charge in [0.05, 0.1) is 5.69 Å². The molecule has 7 heteroatoms. The molecule has 3 aromatic rings. The molecule has 0 saturated heterocycles. The van der Waals surface area contributed by atoms with Crippen LogP contribution in [0.3, 0.4) is 0 Å². The zero-order valence-corrected chi connectivity index (χ0v) is 11.6. The number of benzene rings is 2. The number of nitrogens with two attached hydrogens (primary N) is 3. The Kier molecular flexibility index (Phi) is 3.45. The van der Waals surface area contributed by atoms with E-state index in [1.807, 2.05) is 30.3 Å². The number of nitrogens with zero attached hydrogens (tertiary/aromatic N) is 3. The third kappa shape index (κ3) is 2.88. The van der Waals surface area contributed by atoms with Crippen LogP contribution in [0.2, 0.25) is 0 Å². The first kappa shape index (κ1) is 13.6. The minimum atomic E-state index is -0.143. The van der Waals surface area contributed by atoms with Crippen LogP contribution in [0.5, 0.6) is 0 Å². The van der Waals surface area contributed by atoms with Crippen molar-refractivity contribution < 1.29 is 4.42 Å². The summed E-state index contributed by atoms with van der Waals surface area (Å²) in [7, 11) is 0. The molecule has 0 aliphatic carbocycles. The molecule has 0 unspecified atom stereocenters. The zero-order chi connectivity index (χ0) is 15.5. The van der Waals surface area contributed by atoms with E-state index in [1.165, 1.54) is 0 Å². The number of guanidine groups is 2. The van der Waals surface area contributed by atoms with E-state index in [1.54, 1.807) is 18.2 Å². The van der Waals surface area contributed by atoms with Gasteiger partial charge in [-0.05, 0) is 30.3 Å². The van der Waals surface area contributed by atoms with Crippen LogP contribution in [0.4, 0.5) is 5.69 Å². The van der Waals surface area contributed by atoms with Crippen molar-refractivity contribution in [1.82, 2.24) is 4.98 Å². The Morgan fingerprint density at radius 2 is 1.77 bits per heavy atom. The van der Waals surface area contributed by atoms with Gasteiger partial charge in [-0.1, -0.05) is 18.2 Å². The third-order valence-corrected chi connectivity index (χ3v) is 2.88. The first-order valence-electron chi connectivity index (χ1n) is 6.51. The predicted molar refractivity (Wildman–Crippen MR) is 86.5 cm³/mol. The maximum absolute atomic E-state index is 5.72. The molecule has 0 saturated carbocycles. The van der Waals surface area contributed by atoms with Crippen molar-refractivity contribution in [3.8, 4) is 11.5 Å². The molecule has 3 rings (SSSR count). The van der Waals surface area contributed by atoms with E-state index in [0.29, 0.717) is 22.7 Å². The Balaban J connectivity index is 1.99. The summed E-state index contributed by atoms with van der Waals surface area (Å²) < 4.78 is 5.72. The monoisotopic (exact) mass is 294 g/mol. The fourth-order valence-corrected chi connectivity index (χ4v) is 1.98. The Bertz CT molecular complexity index is 862. The van der Waals surface area contributed by atoms with Crippen molar-refractivity contribution in [1.29, 1.82) is 0 Å². The normalized spacial score (nSPS) is 11.5.